The van der Waals surface area contributed by atoms with E-state index in [0.29, 0.717) is 25.0 Å². The Morgan fingerprint density at radius 1 is 1.32 bits per heavy atom. The number of hydrogen-bond acceptors (Lipinski definition) is 4. The van der Waals surface area contributed by atoms with Crippen LogP contribution in [0.5, 0.6) is 0 Å². The van der Waals surface area contributed by atoms with E-state index in [1.54, 1.807) is 7.11 Å². The highest BCUT2D eigenvalue weighted by Crippen LogP contribution is 2.35. The van der Waals surface area contributed by atoms with E-state index in [4.69, 9.17) is 15.2 Å². The summed E-state index contributed by atoms with van der Waals surface area (Å²) in [5.74, 6) is 1.20. The molecule has 1 saturated heterocycles. The van der Waals surface area contributed by atoms with E-state index < -0.39 is 0 Å². The Morgan fingerprint density at radius 2 is 2.11 bits per heavy atom. The van der Waals surface area contributed by atoms with Gasteiger partial charge in [-0.15, -0.1) is 12.4 Å². The second-order valence-corrected chi connectivity index (χ2v) is 5.36. The molecule has 0 bridgehead atoms. The molecule has 0 radical (unpaired) electrons. The third-order valence-corrected chi connectivity index (χ3v) is 4.16. The van der Waals surface area contributed by atoms with Crippen molar-refractivity contribution in [1.29, 1.82) is 0 Å². The first-order valence-corrected chi connectivity index (χ1v) is 6.82. The number of hydrogen-bond donors (Lipinski definition) is 1. The van der Waals surface area contributed by atoms with Gasteiger partial charge in [0.15, 0.2) is 0 Å². The van der Waals surface area contributed by atoms with Crippen LogP contribution < -0.4 is 5.73 Å². The number of halogens is 1. The largest absolute Gasteiger partial charge is 0.382 e. The first kappa shape index (κ1) is 16.7. The van der Waals surface area contributed by atoms with E-state index in [9.17, 15) is 4.79 Å². The molecular weight excluding hydrogens is 268 g/mol. The molecule has 3 atom stereocenters. The van der Waals surface area contributed by atoms with Crippen molar-refractivity contribution in [1.82, 2.24) is 4.90 Å². The van der Waals surface area contributed by atoms with Gasteiger partial charge in [-0.2, -0.15) is 0 Å². The molecule has 2 N–H and O–H groups in total. The standard InChI is InChI=1S/C13H24N2O3.ClH/c1-17-5-6-18-9-13(16)15-7-10-3-2-4-12(14)11(10)8-15;/h10-12H,2-9,14H2,1H3;1H. The van der Waals surface area contributed by atoms with Crippen LogP contribution in [0.4, 0.5) is 0 Å². The topological polar surface area (TPSA) is 64.8 Å². The molecule has 2 aliphatic rings. The number of likely N-dealkylation sites (tertiary alicyclic amines) is 1. The van der Waals surface area contributed by atoms with Crippen LogP contribution in [0.15, 0.2) is 0 Å². The molecule has 0 spiro atoms. The lowest BCUT2D eigenvalue weighted by Gasteiger charge is -2.29. The predicted molar refractivity (Wildman–Crippen MR) is 75.3 cm³/mol. The van der Waals surface area contributed by atoms with Crippen LogP contribution in [0.25, 0.3) is 0 Å². The van der Waals surface area contributed by atoms with Crippen molar-refractivity contribution in [2.45, 2.75) is 25.3 Å². The number of ether oxygens (including phenoxy) is 2. The number of amides is 1. The highest BCUT2D eigenvalue weighted by molar-refractivity contribution is 5.85. The Morgan fingerprint density at radius 3 is 2.79 bits per heavy atom. The quantitative estimate of drug-likeness (QED) is 0.756. The van der Waals surface area contributed by atoms with Gasteiger partial charge in [-0.1, -0.05) is 6.42 Å². The fourth-order valence-corrected chi connectivity index (χ4v) is 3.11. The van der Waals surface area contributed by atoms with Crippen molar-refractivity contribution in [2.75, 3.05) is 40.0 Å². The molecule has 19 heavy (non-hydrogen) atoms. The van der Waals surface area contributed by atoms with Gasteiger partial charge in [-0.3, -0.25) is 4.79 Å². The van der Waals surface area contributed by atoms with E-state index in [2.05, 4.69) is 0 Å². The van der Waals surface area contributed by atoms with E-state index in [1.807, 2.05) is 4.90 Å². The van der Waals surface area contributed by atoms with Crippen molar-refractivity contribution >= 4 is 18.3 Å². The third kappa shape index (κ3) is 4.31. The number of nitrogens with two attached hydrogens (primary N) is 1. The molecule has 0 aromatic carbocycles. The van der Waals surface area contributed by atoms with Gasteiger partial charge in [0, 0.05) is 26.2 Å². The Bertz CT molecular complexity index is 291. The van der Waals surface area contributed by atoms with Gasteiger partial charge in [0.1, 0.15) is 6.61 Å². The molecule has 3 unspecified atom stereocenters. The minimum Gasteiger partial charge on any atom is -0.382 e. The second-order valence-electron chi connectivity index (χ2n) is 5.36. The van der Waals surface area contributed by atoms with Crippen molar-refractivity contribution in [3.05, 3.63) is 0 Å². The maximum absolute atomic E-state index is 12.0. The van der Waals surface area contributed by atoms with Crippen LogP contribution in [0, 0.1) is 11.8 Å². The molecule has 112 valence electrons. The van der Waals surface area contributed by atoms with Gasteiger partial charge in [-0.25, -0.2) is 0 Å². The highest BCUT2D eigenvalue weighted by Gasteiger charge is 2.40. The molecule has 2 fully saturated rings. The third-order valence-electron chi connectivity index (χ3n) is 4.16. The van der Waals surface area contributed by atoms with Crippen LogP contribution in [0.3, 0.4) is 0 Å². The molecule has 1 saturated carbocycles. The molecular formula is C13H25ClN2O3. The first-order chi connectivity index (χ1) is 8.72. The van der Waals surface area contributed by atoms with E-state index in [-0.39, 0.29) is 31.0 Å². The zero-order valence-corrected chi connectivity index (χ0v) is 12.4. The smallest absolute Gasteiger partial charge is 0.248 e. The van der Waals surface area contributed by atoms with Crippen molar-refractivity contribution in [3.63, 3.8) is 0 Å². The van der Waals surface area contributed by atoms with Crippen LogP contribution in [-0.2, 0) is 14.3 Å². The number of methoxy groups -OCH3 is 1. The molecule has 0 aromatic rings. The molecule has 5 nitrogen and oxygen atoms in total. The average Bonchev–Trinajstić information content (AvgIpc) is 2.80. The second kappa shape index (κ2) is 8.04. The maximum atomic E-state index is 12.0. The summed E-state index contributed by atoms with van der Waals surface area (Å²) in [4.78, 5) is 13.9. The predicted octanol–water partition coefficient (Wildman–Crippen LogP) is 0.657. The SMILES string of the molecule is COCCOCC(=O)N1CC2CCCC(N)C2C1.Cl. The van der Waals surface area contributed by atoms with Gasteiger partial charge < -0.3 is 20.1 Å². The highest BCUT2D eigenvalue weighted by atomic mass is 35.5. The van der Waals surface area contributed by atoms with Crippen LogP contribution in [-0.4, -0.2) is 56.9 Å². The summed E-state index contributed by atoms with van der Waals surface area (Å²) in [6.07, 6.45) is 3.52. The summed E-state index contributed by atoms with van der Waals surface area (Å²) >= 11 is 0. The zero-order chi connectivity index (χ0) is 13.0. The number of carbonyl (C=O) groups excluding carboxylic acids is 1. The lowest BCUT2D eigenvalue weighted by atomic mass is 9.78. The number of carbonyl (C=O) groups is 1. The minimum atomic E-state index is 0. The molecule has 2 rings (SSSR count). The first-order valence-electron chi connectivity index (χ1n) is 6.82. The normalized spacial score (nSPS) is 29.8. The van der Waals surface area contributed by atoms with Gasteiger partial charge in [0.2, 0.25) is 5.91 Å². The van der Waals surface area contributed by atoms with E-state index >= 15 is 0 Å². The molecule has 6 heteroatoms. The Balaban J connectivity index is 0.00000180. The van der Waals surface area contributed by atoms with Gasteiger partial charge in [0.25, 0.3) is 0 Å². The average molecular weight is 293 g/mol. The fourth-order valence-electron chi connectivity index (χ4n) is 3.11. The van der Waals surface area contributed by atoms with Gasteiger partial charge in [-0.05, 0) is 24.7 Å². The number of rotatable bonds is 5. The fraction of sp³-hybridized carbons (Fsp3) is 0.923. The molecule has 1 amide bonds. The van der Waals surface area contributed by atoms with Crippen molar-refractivity contribution < 1.29 is 14.3 Å². The van der Waals surface area contributed by atoms with E-state index in [0.717, 1.165) is 19.5 Å². The molecule has 1 aliphatic carbocycles. The van der Waals surface area contributed by atoms with Crippen LogP contribution >= 0.6 is 12.4 Å². The van der Waals surface area contributed by atoms with Crippen molar-refractivity contribution in [3.8, 4) is 0 Å². The number of nitrogens with zero attached hydrogens (tertiary/aromatic N) is 1. The molecule has 1 heterocycles. The zero-order valence-electron chi connectivity index (χ0n) is 11.5. The summed E-state index contributed by atoms with van der Waals surface area (Å²) in [6, 6.07) is 0.274. The van der Waals surface area contributed by atoms with Gasteiger partial charge >= 0.3 is 0 Å². The van der Waals surface area contributed by atoms with Crippen molar-refractivity contribution in [2.24, 2.45) is 17.6 Å². The minimum absolute atomic E-state index is 0. The Hall–Kier alpha value is -0.360. The summed E-state index contributed by atoms with van der Waals surface area (Å²) in [5.41, 5.74) is 6.14. The van der Waals surface area contributed by atoms with Gasteiger partial charge in [0.05, 0.1) is 13.2 Å². The summed E-state index contributed by atoms with van der Waals surface area (Å²) in [5, 5.41) is 0. The van der Waals surface area contributed by atoms with Crippen LogP contribution in [0.2, 0.25) is 0 Å². The monoisotopic (exact) mass is 292 g/mol. The Kier molecular flexibility index (Phi) is 7.07. The Labute approximate surface area is 121 Å². The summed E-state index contributed by atoms with van der Waals surface area (Å²) < 4.78 is 10.2. The summed E-state index contributed by atoms with van der Waals surface area (Å²) in [7, 11) is 1.62. The summed E-state index contributed by atoms with van der Waals surface area (Å²) in [6.45, 7) is 2.85. The lowest BCUT2D eigenvalue weighted by Crippen LogP contribution is -2.38. The maximum Gasteiger partial charge on any atom is 0.248 e. The lowest BCUT2D eigenvalue weighted by molar-refractivity contribution is -0.135. The van der Waals surface area contributed by atoms with Crippen LogP contribution in [0.1, 0.15) is 19.3 Å². The molecule has 0 aromatic heterocycles. The number of fused-ring (bicyclic) bond motifs is 1. The van der Waals surface area contributed by atoms with E-state index in [1.165, 1.54) is 12.8 Å². The molecule has 1 aliphatic heterocycles.